The SMILES string of the molecule is CC(C)C(CNC1CCCc2sc(Br)cc21)C(C)C. The van der Waals surface area contributed by atoms with Gasteiger partial charge in [-0.05, 0) is 71.1 Å². The Bertz CT molecular complexity index is 403. The molecule has 0 amide bonds. The molecule has 1 aromatic heterocycles. The summed E-state index contributed by atoms with van der Waals surface area (Å²) in [7, 11) is 0. The lowest BCUT2D eigenvalue weighted by atomic mass is 9.84. The quantitative estimate of drug-likeness (QED) is 0.753. The van der Waals surface area contributed by atoms with Gasteiger partial charge in [0.15, 0.2) is 0 Å². The summed E-state index contributed by atoms with van der Waals surface area (Å²) in [5, 5.41) is 3.84. The summed E-state index contributed by atoms with van der Waals surface area (Å²) in [5.41, 5.74) is 1.55. The number of hydrogen-bond acceptors (Lipinski definition) is 2. The third kappa shape index (κ3) is 3.83. The van der Waals surface area contributed by atoms with Crippen molar-refractivity contribution >= 4 is 27.3 Å². The minimum atomic E-state index is 0.575. The predicted octanol–water partition coefficient (Wildman–Crippen LogP) is 5.41. The summed E-state index contributed by atoms with van der Waals surface area (Å²) in [6.45, 7) is 10.5. The number of fused-ring (bicyclic) bond motifs is 1. The first-order valence-corrected chi connectivity index (χ1v) is 9.11. The van der Waals surface area contributed by atoms with Crippen LogP contribution in [0.2, 0.25) is 0 Å². The lowest BCUT2D eigenvalue weighted by Crippen LogP contribution is -2.33. The van der Waals surface area contributed by atoms with Gasteiger partial charge in [-0.2, -0.15) is 0 Å². The Kier molecular flexibility index (Phi) is 5.50. The van der Waals surface area contributed by atoms with Crippen LogP contribution in [0, 0.1) is 17.8 Å². The summed E-state index contributed by atoms with van der Waals surface area (Å²) in [6, 6.07) is 2.91. The van der Waals surface area contributed by atoms with Crippen LogP contribution in [-0.2, 0) is 6.42 Å². The first kappa shape index (κ1) is 15.5. The molecule has 108 valence electrons. The molecule has 1 aliphatic rings. The van der Waals surface area contributed by atoms with Crippen LogP contribution in [0.25, 0.3) is 0 Å². The Morgan fingerprint density at radius 1 is 1.32 bits per heavy atom. The molecule has 1 aromatic rings. The summed E-state index contributed by atoms with van der Waals surface area (Å²) in [5.74, 6) is 2.28. The van der Waals surface area contributed by atoms with Gasteiger partial charge in [-0.1, -0.05) is 27.7 Å². The van der Waals surface area contributed by atoms with Crippen molar-refractivity contribution in [3.05, 3.63) is 20.3 Å². The van der Waals surface area contributed by atoms with Crippen LogP contribution in [0.15, 0.2) is 9.85 Å². The number of halogens is 1. The number of thiophene rings is 1. The van der Waals surface area contributed by atoms with Crippen LogP contribution < -0.4 is 5.32 Å². The van der Waals surface area contributed by atoms with Gasteiger partial charge in [0.05, 0.1) is 3.79 Å². The minimum absolute atomic E-state index is 0.575. The van der Waals surface area contributed by atoms with E-state index >= 15 is 0 Å². The predicted molar refractivity (Wildman–Crippen MR) is 88.9 cm³/mol. The van der Waals surface area contributed by atoms with Crippen LogP contribution in [-0.4, -0.2) is 6.54 Å². The fourth-order valence-corrected chi connectivity index (χ4v) is 5.07. The van der Waals surface area contributed by atoms with Crippen LogP contribution in [0.3, 0.4) is 0 Å². The molecule has 1 aliphatic carbocycles. The average molecular weight is 344 g/mol. The van der Waals surface area contributed by atoms with E-state index in [-0.39, 0.29) is 0 Å². The van der Waals surface area contributed by atoms with Crippen molar-refractivity contribution in [3.63, 3.8) is 0 Å². The molecule has 1 nitrogen and oxygen atoms in total. The third-order valence-electron chi connectivity index (χ3n) is 4.40. The van der Waals surface area contributed by atoms with Gasteiger partial charge in [-0.3, -0.25) is 0 Å². The summed E-state index contributed by atoms with van der Waals surface area (Å²) < 4.78 is 1.29. The second-order valence-electron chi connectivity index (χ2n) is 6.43. The number of nitrogens with one attached hydrogen (secondary N) is 1. The van der Waals surface area contributed by atoms with E-state index in [9.17, 15) is 0 Å². The molecule has 1 heterocycles. The highest BCUT2D eigenvalue weighted by Gasteiger charge is 2.24. The van der Waals surface area contributed by atoms with E-state index in [1.165, 1.54) is 23.0 Å². The maximum absolute atomic E-state index is 3.84. The Morgan fingerprint density at radius 2 is 2.00 bits per heavy atom. The van der Waals surface area contributed by atoms with E-state index in [0.29, 0.717) is 6.04 Å². The van der Waals surface area contributed by atoms with Crippen molar-refractivity contribution in [2.75, 3.05) is 6.54 Å². The van der Waals surface area contributed by atoms with Gasteiger partial charge in [-0.25, -0.2) is 0 Å². The fourth-order valence-electron chi connectivity index (χ4n) is 3.25. The molecular formula is C16H26BrNS. The monoisotopic (exact) mass is 343 g/mol. The molecule has 1 N–H and O–H groups in total. The molecule has 0 saturated heterocycles. The molecule has 0 aliphatic heterocycles. The zero-order valence-corrected chi connectivity index (χ0v) is 14.9. The Labute approximate surface area is 130 Å². The van der Waals surface area contributed by atoms with Crippen molar-refractivity contribution in [3.8, 4) is 0 Å². The Hall–Kier alpha value is 0.140. The molecule has 19 heavy (non-hydrogen) atoms. The Morgan fingerprint density at radius 3 is 2.63 bits per heavy atom. The summed E-state index contributed by atoms with van der Waals surface area (Å²) >= 11 is 5.55. The zero-order valence-electron chi connectivity index (χ0n) is 12.5. The van der Waals surface area contributed by atoms with Gasteiger partial charge in [0.2, 0.25) is 0 Å². The highest BCUT2D eigenvalue weighted by atomic mass is 79.9. The average Bonchev–Trinajstić information content (AvgIpc) is 2.69. The second kappa shape index (κ2) is 6.73. The lowest BCUT2D eigenvalue weighted by Gasteiger charge is -2.30. The van der Waals surface area contributed by atoms with Crippen molar-refractivity contribution in [2.24, 2.45) is 17.8 Å². The van der Waals surface area contributed by atoms with Gasteiger partial charge in [0, 0.05) is 10.9 Å². The molecule has 0 saturated carbocycles. The van der Waals surface area contributed by atoms with Gasteiger partial charge >= 0.3 is 0 Å². The highest BCUT2D eigenvalue weighted by molar-refractivity contribution is 9.11. The van der Waals surface area contributed by atoms with Crippen molar-refractivity contribution in [1.29, 1.82) is 0 Å². The molecule has 0 radical (unpaired) electrons. The van der Waals surface area contributed by atoms with E-state index in [0.717, 1.165) is 24.3 Å². The van der Waals surface area contributed by atoms with E-state index < -0.39 is 0 Å². The van der Waals surface area contributed by atoms with E-state index in [2.05, 4.69) is 55.0 Å². The van der Waals surface area contributed by atoms with Crippen LogP contribution in [0.5, 0.6) is 0 Å². The van der Waals surface area contributed by atoms with Crippen molar-refractivity contribution in [1.82, 2.24) is 5.32 Å². The Balaban J connectivity index is 2.00. The molecular weight excluding hydrogens is 318 g/mol. The first-order valence-electron chi connectivity index (χ1n) is 7.50. The van der Waals surface area contributed by atoms with Crippen molar-refractivity contribution < 1.29 is 0 Å². The van der Waals surface area contributed by atoms with Gasteiger partial charge in [0.25, 0.3) is 0 Å². The fraction of sp³-hybridized carbons (Fsp3) is 0.750. The van der Waals surface area contributed by atoms with E-state index in [1.807, 2.05) is 11.3 Å². The van der Waals surface area contributed by atoms with E-state index in [4.69, 9.17) is 0 Å². The molecule has 1 atom stereocenters. The van der Waals surface area contributed by atoms with Gasteiger partial charge in [0.1, 0.15) is 0 Å². The van der Waals surface area contributed by atoms with Crippen LogP contribution in [0.1, 0.15) is 57.0 Å². The minimum Gasteiger partial charge on any atom is -0.310 e. The number of hydrogen-bond donors (Lipinski definition) is 1. The first-order chi connectivity index (χ1) is 8.99. The molecule has 0 bridgehead atoms. The second-order valence-corrected chi connectivity index (χ2v) is 8.95. The lowest BCUT2D eigenvalue weighted by molar-refractivity contribution is 0.261. The normalized spacial score (nSPS) is 19.5. The third-order valence-corrected chi connectivity index (χ3v) is 6.11. The molecule has 0 aromatic carbocycles. The van der Waals surface area contributed by atoms with Crippen LogP contribution in [0.4, 0.5) is 0 Å². The highest BCUT2D eigenvalue weighted by Crippen LogP contribution is 2.38. The molecule has 1 unspecified atom stereocenters. The zero-order chi connectivity index (χ0) is 14.0. The molecule has 0 spiro atoms. The number of aryl methyl sites for hydroxylation is 1. The van der Waals surface area contributed by atoms with E-state index in [1.54, 1.807) is 10.4 Å². The standard InChI is InChI=1S/C16H26BrNS/c1-10(2)13(11(3)4)9-18-14-6-5-7-15-12(14)8-16(17)19-15/h8,10-11,13-14,18H,5-7,9H2,1-4H3. The number of rotatable bonds is 5. The molecule has 3 heteroatoms. The molecule has 2 rings (SSSR count). The maximum atomic E-state index is 3.84. The summed E-state index contributed by atoms with van der Waals surface area (Å²) in [4.78, 5) is 1.58. The smallest absolute Gasteiger partial charge is 0.0704 e. The van der Waals surface area contributed by atoms with Gasteiger partial charge in [-0.15, -0.1) is 11.3 Å². The maximum Gasteiger partial charge on any atom is 0.0704 e. The summed E-state index contributed by atoms with van der Waals surface area (Å²) in [6.07, 6.45) is 3.88. The topological polar surface area (TPSA) is 12.0 Å². The molecule has 0 fully saturated rings. The van der Waals surface area contributed by atoms with Crippen molar-refractivity contribution in [2.45, 2.75) is 53.0 Å². The van der Waals surface area contributed by atoms with Crippen LogP contribution >= 0.6 is 27.3 Å². The van der Waals surface area contributed by atoms with Gasteiger partial charge < -0.3 is 5.32 Å². The largest absolute Gasteiger partial charge is 0.310 e.